The van der Waals surface area contributed by atoms with Crippen LogP contribution in [-0.4, -0.2) is 68.0 Å². The number of aryl methyl sites for hydroxylation is 1. The average molecular weight is 418 g/mol. The van der Waals surface area contributed by atoms with Crippen LogP contribution < -0.4 is 10.1 Å². The molecule has 0 spiro atoms. The maximum absolute atomic E-state index is 5.85. The lowest BCUT2D eigenvalue weighted by atomic mass is 9.94. The Kier molecular flexibility index (Phi) is 8.77. The van der Waals surface area contributed by atoms with Gasteiger partial charge in [0.25, 0.3) is 0 Å². The van der Waals surface area contributed by atoms with E-state index >= 15 is 0 Å². The van der Waals surface area contributed by atoms with Crippen LogP contribution in [0.15, 0.2) is 30.4 Å². The number of nitrogens with one attached hydrogen (secondary N) is 1. The first-order valence-corrected chi connectivity index (χ1v) is 11.2. The van der Waals surface area contributed by atoms with E-state index in [4.69, 9.17) is 21.7 Å². The minimum atomic E-state index is 0.681. The number of rotatable bonds is 8. The molecule has 1 aromatic carbocycles. The summed E-state index contributed by atoms with van der Waals surface area (Å²) in [6, 6.07) is 6.07. The van der Waals surface area contributed by atoms with Crippen LogP contribution >= 0.6 is 12.2 Å². The molecule has 0 bridgehead atoms. The average Bonchev–Trinajstić information content (AvgIpc) is 2.76. The second-order valence-electron chi connectivity index (χ2n) is 8.02. The molecule has 1 aliphatic carbocycles. The van der Waals surface area contributed by atoms with Gasteiger partial charge in [0.05, 0.1) is 20.3 Å². The molecule has 1 unspecified atom stereocenters. The molecule has 29 heavy (non-hydrogen) atoms. The normalized spacial score (nSPS) is 19.7. The Labute approximate surface area is 181 Å². The van der Waals surface area contributed by atoms with Gasteiger partial charge in [-0.15, -0.1) is 0 Å². The zero-order chi connectivity index (χ0) is 20.5. The maximum Gasteiger partial charge on any atom is 0.173 e. The third-order valence-corrected chi connectivity index (χ3v) is 6.18. The lowest BCUT2D eigenvalue weighted by Crippen LogP contribution is -2.42. The van der Waals surface area contributed by atoms with Crippen molar-refractivity contribution >= 4 is 23.0 Å². The van der Waals surface area contributed by atoms with E-state index in [1.165, 1.54) is 12.8 Å². The van der Waals surface area contributed by atoms with E-state index in [0.29, 0.717) is 5.92 Å². The molecule has 1 aromatic rings. The predicted octanol–water partition coefficient (Wildman–Crippen LogP) is 4.08. The van der Waals surface area contributed by atoms with Gasteiger partial charge in [0, 0.05) is 38.4 Å². The van der Waals surface area contributed by atoms with E-state index < -0.39 is 0 Å². The second-order valence-corrected chi connectivity index (χ2v) is 8.40. The summed E-state index contributed by atoms with van der Waals surface area (Å²) in [6.45, 7) is 9.00. The Morgan fingerprint density at radius 1 is 1.31 bits per heavy atom. The minimum absolute atomic E-state index is 0.681. The molecular weight excluding hydrogens is 382 g/mol. The highest BCUT2D eigenvalue weighted by atomic mass is 32.1. The summed E-state index contributed by atoms with van der Waals surface area (Å²) in [6.07, 6.45) is 9.33. The van der Waals surface area contributed by atoms with E-state index in [9.17, 15) is 0 Å². The van der Waals surface area contributed by atoms with Gasteiger partial charge in [-0.3, -0.25) is 4.90 Å². The Morgan fingerprint density at radius 2 is 2.14 bits per heavy atom. The smallest absolute Gasteiger partial charge is 0.173 e. The van der Waals surface area contributed by atoms with Gasteiger partial charge in [-0.2, -0.15) is 0 Å². The van der Waals surface area contributed by atoms with E-state index in [-0.39, 0.29) is 0 Å². The molecule has 1 N–H and O–H groups in total. The molecule has 0 radical (unpaired) electrons. The van der Waals surface area contributed by atoms with E-state index in [1.54, 1.807) is 7.11 Å². The van der Waals surface area contributed by atoms with Crippen LogP contribution in [0.4, 0.5) is 5.69 Å². The zero-order valence-corrected chi connectivity index (χ0v) is 18.7. The van der Waals surface area contributed by atoms with Gasteiger partial charge in [-0.05, 0) is 74.5 Å². The standard InChI is InChI=1S/C23H35N3O2S/c1-19-17-21(27-2)9-10-22(19)24-23(29)26(18-20-7-4-3-5-8-20)12-6-11-25-13-15-28-16-14-25/h3-4,9-10,17,20H,5-8,11-16,18H2,1-2H3,(H,24,29). The summed E-state index contributed by atoms with van der Waals surface area (Å²) >= 11 is 5.85. The number of methoxy groups -OCH3 is 1. The summed E-state index contributed by atoms with van der Waals surface area (Å²) in [4.78, 5) is 4.87. The molecule has 0 aromatic heterocycles. The van der Waals surface area contributed by atoms with Crippen LogP contribution in [0, 0.1) is 12.8 Å². The number of ether oxygens (including phenoxy) is 2. The number of hydrogen-bond donors (Lipinski definition) is 1. The van der Waals surface area contributed by atoms with Crippen LogP contribution in [0.2, 0.25) is 0 Å². The molecule has 1 atom stereocenters. The Bertz CT molecular complexity index is 689. The van der Waals surface area contributed by atoms with Crippen molar-refractivity contribution in [1.82, 2.24) is 9.80 Å². The van der Waals surface area contributed by atoms with Crippen LogP contribution in [-0.2, 0) is 4.74 Å². The fourth-order valence-corrected chi connectivity index (χ4v) is 4.29. The fourth-order valence-electron chi connectivity index (χ4n) is 4.02. The second kappa shape index (κ2) is 11.5. The number of benzene rings is 1. The van der Waals surface area contributed by atoms with Gasteiger partial charge >= 0.3 is 0 Å². The van der Waals surface area contributed by atoms with E-state index in [2.05, 4.69) is 40.3 Å². The van der Waals surface area contributed by atoms with Crippen molar-refractivity contribution in [3.8, 4) is 5.75 Å². The Hall–Kier alpha value is -1.63. The van der Waals surface area contributed by atoms with Crippen molar-refractivity contribution in [2.45, 2.75) is 32.6 Å². The van der Waals surface area contributed by atoms with Crippen molar-refractivity contribution in [2.75, 3.05) is 58.4 Å². The molecular formula is C23H35N3O2S. The monoisotopic (exact) mass is 417 g/mol. The van der Waals surface area contributed by atoms with Gasteiger partial charge < -0.3 is 19.7 Å². The SMILES string of the molecule is COc1ccc(NC(=S)N(CCCN2CCOCC2)CC2CC=CCC2)c(C)c1. The lowest BCUT2D eigenvalue weighted by Gasteiger charge is -2.32. The van der Waals surface area contributed by atoms with Gasteiger partial charge in [0.15, 0.2) is 5.11 Å². The van der Waals surface area contributed by atoms with Gasteiger partial charge in [0.1, 0.15) is 5.75 Å². The molecule has 2 aliphatic rings. The summed E-state index contributed by atoms with van der Waals surface area (Å²) < 4.78 is 10.8. The molecule has 160 valence electrons. The number of morpholine rings is 1. The molecule has 1 fully saturated rings. The largest absolute Gasteiger partial charge is 0.497 e. The quantitative estimate of drug-likeness (QED) is 0.507. The summed E-state index contributed by atoms with van der Waals surface area (Å²) in [7, 11) is 1.70. The molecule has 0 saturated carbocycles. The topological polar surface area (TPSA) is 37.0 Å². The highest BCUT2D eigenvalue weighted by Crippen LogP contribution is 2.23. The maximum atomic E-state index is 5.85. The first-order valence-electron chi connectivity index (χ1n) is 10.8. The number of anilines is 1. The van der Waals surface area contributed by atoms with E-state index in [1.807, 2.05) is 12.1 Å². The van der Waals surface area contributed by atoms with Crippen LogP contribution in [0.1, 0.15) is 31.2 Å². The first-order chi connectivity index (χ1) is 14.2. The summed E-state index contributed by atoms with van der Waals surface area (Å²) in [5, 5.41) is 4.32. The molecule has 1 saturated heterocycles. The molecule has 1 heterocycles. The third-order valence-electron chi connectivity index (χ3n) is 5.82. The van der Waals surface area contributed by atoms with Crippen molar-refractivity contribution < 1.29 is 9.47 Å². The van der Waals surface area contributed by atoms with Gasteiger partial charge in [-0.1, -0.05) is 12.2 Å². The van der Waals surface area contributed by atoms with Crippen molar-refractivity contribution in [3.05, 3.63) is 35.9 Å². The molecule has 1 aliphatic heterocycles. The highest BCUT2D eigenvalue weighted by Gasteiger charge is 2.19. The van der Waals surface area contributed by atoms with Gasteiger partial charge in [0.2, 0.25) is 0 Å². The summed E-state index contributed by atoms with van der Waals surface area (Å²) in [5.74, 6) is 1.55. The number of hydrogen-bond acceptors (Lipinski definition) is 4. The Balaban J connectivity index is 1.59. The number of allylic oxidation sites excluding steroid dienone is 2. The predicted molar refractivity (Wildman–Crippen MR) is 124 cm³/mol. The van der Waals surface area contributed by atoms with Crippen LogP contribution in [0.3, 0.4) is 0 Å². The fraction of sp³-hybridized carbons (Fsp3) is 0.609. The Morgan fingerprint density at radius 3 is 2.83 bits per heavy atom. The zero-order valence-electron chi connectivity index (χ0n) is 17.9. The van der Waals surface area contributed by atoms with E-state index in [0.717, 1.165) is 80.9 Å². The van der Waals surface area contributed by atoms with Crippen molar-refractivity contribution in [3.63, 3.8) is 0 Å². The van der Waals surface area contributed by atoms with Crippen molar-refractivity contribution in [1.29, 1.82) is 0 Å². The van der Waals surface area contributed by atoms with Gasteiger partial charge in [-0.25, -0.2) is 0 Å². The number of thiocarbonyl (C=S) groups is 1. The summed E-state index contributed by atoms with van der Waals surface area (Å²) in [5.41, 5.74) is 2.19. The lowest BCUT2D eigenvalue weighted by molar-refractivity contribution is 0.0367. The molecule has 6 heteroatoms. The first kappa shape index (κ1) is 22.1. The minimum Gasteiger partial charge on any atom is -0.497 e. The third kappa shape index (κ3) is 6.98. The number of nitrogens with zero attached hydrogens (tertiary/aromatic N) is 2. The molecule has 0 amide bonds. The molecule has 5 nitrogen and oxygen atoms in total. The van der Waals surface area contributed by atoms with Crippen molar-refractivity contribution in [2.24, 2.45) is 5.92 Å². The van der Waals surface area contributed by atoms with Crippen LogP contribution in [0.5, 0.6) is 5.75 Å². The molecule has 3 rings (SSSR count). The van der Waals surface area contributed by atoms with Crippen LogP contribution in [0.25, 0.3) is 0 Å². The highest BCUT2D eigenvalue weighted by molar-refractivity contribution is 7.80.